The smallest absolute Gasteiger partial charge is 0.258 e. The van der Waals surface area contributed by atoms with Crippen molar-refractivity contribution in [3.8, 4) is 0 Å². The molecule has 1 aromatic carbocycles. The summed E-state index contributed by atoms with van der Waals surface area (Å²) < 4.78 is 0. The molecule has 0 spiro atoms. The number of aromatic nitrogens is 2. The van der Waals surface area contributed by atoms with E-state index in [1.165, 1.54) is 6.92 Å². The van der Waals surface area contributed by atoms with Crippen molar-refractivity contribution in [3.63, 3.8) is 0 Å². The number of amides is 1. The third kappa shape index (κ3) is 3.54. The Bertz CT molecular complexity index is 717. The van der Waals surface area contributed by atoms with Crippen LogP contribution < -0.4 is 10.9 Å². The molecule has 0 radical (unpaired) electrons. The van der Waals surface area contributed by atoms with E-state index in [0.717, 1.165) is 12.0 Å². The molecule has 0 saturated carbocycles. The number of hydrogen-bond acceptors (Lipinski definition) is 3. The number of aromatic amines is 1. The Kier molecular flexibility index (Phi) is 4.30. The van der Waals surface area contributed by atoms with Crippen LogP contribution in [0.25, 0.3) is 17.0 Å². The molecule has 2 aromatic rings. The van der Waals surface area contributed by atoms with Crippen LogP contribution >= 0.6 is 0 Å². The first-order chi connectivity index (χ1) is 9.56. The number of carbonyl (C=O) groups excluding carboxylic acids is 1. The molecule has 2 N–H and O–H groups in total. The van der Waals surface area contributed by atoms with Gasteiger partial charge in [0, 0.05) is 13.5 Å². The van der Waals surface area contributed by atoms with Crippen LogP contribution in [-0.4, -0.2) is 22.4 Å². The summed E-state index contributed by atoms with van der Waals surface area (Å²) in [4.78, 5) is 29.5. The number of fused-ring (bicyclic) bond motifs is 1. The lowest BCUT2D eigenvalue weighted by Gasteiger charge is -2.00. The SMILES string of the molecule is CC(=O)NCCC=Cc1ccc2nc(C)[nH]c(=O)c2c1. The summed E-state index contributed by atoms with van der Waals surface area (Å²) in [5.41, 5.74) is 1.51. The monoisotopic (exact) mass is 271 g/mol. The predicted molar refractivity (Wildman–Crippen MR) is 79.4 cm³/mol. The summed E-state index contributed by atoms with van der Waals surface area (Å²) in [6.45, 7) is 3.87. The summed E-state index contributed by atoms with van der Waals surface area (Å²) >= 11 is 0. The molecule has 0 atom stereocenters. The lowest BCUT2D eigenvalue weighted by atomic mass is 10.1. The molecule has 104 valence electrons. The number of rotatable bonds is 4. The van der Waals surface area contributed by atoms with E-state index in [1.807, 2.05) is 30.4 Å². The Labute approximate surface area is 116 Å². The minimum absolute atomic E-state index is 0.0305. The zero-order valence-electron chi connectivity index (χ0n) is 11.6. The largest absolute Gasteiger partial charge is 0.356 e. The molecular weight excluding hydrogens is 254 g/mol. The van der Waals surface area contributed by atoms with Crippen molar-refractivity contribution >= 4 is 22.9 Å². The van der Waals surface area contributed by atoms with Gasteiger partial charge in [-0.25, -0.2) is 4.98 Å². The zero-order chi connectivity index (χ0) is 14.5. The van der Waals surface area contributed by atoms with Gasteiger partial charge in [0.2, 0.25) is 5.91 Å². The van der Waals surface area contributed by atoms with Gasteiger partial charge in [-0.3, -0.25) is 9.59 Å². The predicted octanol–water partition coefficient (Wildman–Crippen LogP) is 1.77. The van der Waals surface area contributed by atoms with Crippen LogP contribution in [0.2, 0.25) is 0 Å². The quantitative estimate of drug-likeness (QED) is 0.832. The van der Waals surface area contributed by atoms with Gasteiger partial charge in [0.25, 0.3) is 5.56 Å². The van der Waals surface area contributed by atoms with Gasteiger partial charge in [-0.05, 0) is 31.0 Å². The average molecular weight is 271 g/mol. The van der Waals surface area contributed by atoms with E-state index in [2.05, 4.69) is 15.3 Å². The third-order valence-electron chi connectivity index (χ3n) is 2.84. The highest BCUT2D eigenvalue weighted by Gasteiger charge is 2.01. The Morgan fingerprint density at radius 1 is 1.45 bits per heavy atom. The second kappa shape index (κ2) is 6.14. The molecule has 0 aliphatic carbocycles. The maximum absolute atomic E-state index is 11.8. The molecular formula is C15H17N3O2. The first-order valence-corrected chi connectivity index (χ1v) is 6.48. The average Bonchev–Trinajstić information content (AvgIpc) is 2.38. The maximum atomic E-state index is 11.8. The summed E-state index contributed by atoms with van der Waals surface area (Å²) in [6.07, 6.45) is 4.65. The molecule has 20 heavy (non-hydrogen) atoms. The number of nitrogens with one attached hydrogen (secondary N) is 2. The molecule has 1 aromatic heterocycles. The van der Waals surface area contributed by atoms with Gasteiger partial charge in [-0.2, -0.15) is 0 Å². The number of aryl methyl sites for hydroxylation is 1. The van der Waals surface area contributed by atoms with Gasteiger partial charge >= 0.3 is 0 Å². The van der Waals surface area contributed by atoms with Crippen molar-refractivity contribution in [3.05, 3.63) is 46.0 Å². The summed E-state index contributed by atoms with van der Waals surface area (Å²) in [7, 11) is 0. The number of carbonyl (C=O) groups is 1. The molecule has 0 unspecified atom stereocenters. The van der Waals surface area contributed by atoms with Crippen molar-refractivity contribution in [2.45, 2.75) is 20.3 Å². The van der Waals surface area contributed by atoms with E-state index in [-0.39, 0.29) is 11.5 Å². The maximum Gasteiger partial charge on any atom is 0.258 e. The van der Waals surface area contributed by atoms with Crippen LogP contribution in [0.15, 0.2) is 29.1 Å². The first-order valence-electron chi connectivity index (χ1n) is 6.48. The van der Waals surface area contributed by atoms with Gasteiger partial charge in [-0.15, -0.1) is 0 Å². The van der Waals surface area contributed by atoms with E-state index in [0.29, 0.717) is 23.3 Å². The van der Waals surface area contributed by atoms with Crippen LogP contribution in [0.1, 0.15) is 24.7 Å². The molecule has 5 nitrogen and oxygen atoms in total. The summed E-state index contributed by atoms with van der Waals surface area (Å²) in [6, 6.07) is 5.57. The van der Waals surface area contributed by atoms with Crippen molar-refractivity contribution < 1.29 is 4.79 Å². The normalized spacial score (nSPS) is 11.1. The first kappa shape index (κ1) is 14.0. The number of H-pyrrole nitrogens is 1. The molecule has 0 aliphatic rings. The van der Waals surface area contributed by atoms with Gasteiger partial charge in [-0.1, -0.05) is 18.2 Å². The Hall–Kier alpha value is -2.43. The van der Waals surface area contributed by atoms with E-state index in [9.17, 15) is 9.59 Å². The minimum Gasteiger partial charge on any atom is -0.356 e. The van der Waals surface area contributed by atoms with E-state index in [4.69, 9.17) is 0 Å². The molecule has 1 heterocycles. The van der Waals surface area contributed by atoms with Crippen molar-refractivity contribution in [2.24, 2.45) is 0 Å². The van der Waals surface area contributed by atoms with Crippen LogP contribution in [0.4, 0.5) is 0 Å². The topological polar surface area (TPSA) is 74.8 Å². The Morgan fingerprint density at radius 3 is 3.00 bits per heavy atom. The highest BCUT2D eigenvalue weighted by Crippen LogP contribution is 2.11. The number of nitrogens with zero attached hydrogens (tertiary/aromatic N) is 1. The fourth-order valence-electron chi connectivity index (χ4n) is 1.93. The number of benzene rings is 1. The Balaban J connectivity index is 2.14. The molecule has 0 bridgehead atoms. The lowest BCUT2D eigenvalue weighted by Crippen LogP contribution is -2.20. The fourth-order valence-corrected chi connectivity index (χ4v) is 1.93. The molecule has 0 fully saturated rings. The van der Waals surface area contributed by atoms with Gasteiger partial charge in [0.15, 0.2) is 0 Å². The van der Waals surface area contributed by atoms with Crippen molar-refractivity contribution in [1.82, 2.24) is 15.3 Å². The highest BCUT2D eigenvalue weighted by atomic mass is 16.1. The van der Waals surface area contributed by atoms with Crippen LogP contribution in [-0.2, 0) is 4.79 Å². The molecule has 5 heteroatoms. The zero-order valence-corrected chi connectivity index (χ0v) is 11.6. The summed E-state index contributed by atoms with van der Waals surface area (Å²) in [5, 5.41) is 3.30. The van der Waals surface area contributed by atoms with Crippen LogP contribution in [0, 0.1) is 6.92 Å². The molecule has 0 saturated heterocycles. The van der Waals surface area contributed by atoms with Crippen LogP contribution in [0.5, 0.6) is 0 Å². The molecule has 0 aliphatic heterocycles. The van der Waals surface area contributed by atoms with E-state index < -0.39 is 0 Å². The highest BCUT2D eigenvalue weighted by molar-refractivity contribution is 5.80. The second-order valence-corrected chi connectivity index (χ2v) is 4.60. The number of hydrogen-bond donors (Lipinski definition) is 2. The van der Waals surface area contributed by atoms with E-state index in [1.54, 1.807) is 6.92 Å². The lowest BCUT2D eigenvalue weighted by molar-refractivity contribution is -0.118. The van der Waals surface area contributed by atoms with E-state index >= 15 is 0 Å². The van der Waals surface area contributed by atoms with Crippen molar-refractivity contribution in [1.29, 1.82) is 0 Å². The van der Waals surface area contributed by atoms with Crippen molar-refractivity contribution in [2.75, 3.05) is 6.54 Å². The standard InChI is InChI=1S/C15H17N3O2/c1-10-17-14-7-6-12(9-13(14)15(20)18-10)5-3-4-8-16-11(2)19/h3,5-7,9H,4,8H2,1-2H3,(H,16,19)(H,17,18,20). The van der Waals surface area contributed by atoms with Gasteiger partial charge in [0.1, 0.15) is 5.82 Å². The minimum atomic E-state index is -0.124. The molecule has 2 rings (SSSR count). The van der Waals surface area contributed by atoms with Crippen LogP contribution in [0.3, 0.4) is 0 Å². The third-order valence-corrected chi connectivity index (χ3v) is 2.84. The van der Waals surface area contributed by atoms with Gasteiger partial charge in [0.05, 0.1) is 10.9 Å². The Morgan fingerprint density at radius 2 is 2.25 bits per heavy atom. The second-order valence-electron chi connectivity index (χ2n) is 4.60. The summed E-state index contributed by atoms with van der Waals surface area (Å²) in [5.74, 6) is 0.582. The molecule has 1 amide bonds. The van der Waals surface area contributed by atoms with Gasteiger partial charge < -0.3 is 10.3 Å². The fraction of sp³-hybridized carbons (Fsp3) is 0.267.